The standard InChI is InChI=1S/C25H31N3O/c1-6-19-20-15-18(24(29)22-8-7-13-28(22)25(3,4)5)9-10-21(20)27-23(19)17-11-12-26-16(2)14-17/h9-12,14-15,22,27H,6-8,13H2,1-5H3. The van der Waals surface area contributed by atoms with E-state index in [0.29, 0.717) is 0 Å². The topological polar surface area (TPSA) is 49.0 Å². The van der Waals surface area contributed by atoms with E-state index in [1.165, 1.54) is 5.56 Å². The quantitative estimate of drug-likeness (QED) is 0.596. The van der Waals surface area contributed by atoms with Gasteiger partial charge in [0.25, 0.3) is 0 Å². The number of hydrogen-bond donors (Lipinski definition) is 1. The number of ketones is 1. The molecular weight excluding hydrogens is 358 g/mol. The summed E-state index contributed by atoms with van der Waals surface area (Å²) in [7, 11) is 0. The van der Waals surface area contributed by atoms with Gasteiger partial charge in [0.15, 0.2) is 5.78 Å². The van der Waals surface area contributed by atoms with Crippen molar-refractivity contribution in [1.82, 2.24) is 14.9 Å². The number of H-pyrrole nitrogens is 1. The van der Waals surface area contributed by atoms with E-state index in [2.05, 4.69) is 60.8 Å². The summed E-state index contributed by atoms with van der Waals surface area (Å²) < 4.78 is 0. The smallest absolute Gasteiger partial charge is 0.179 e. The Morgan fingerprint density at radius 1 is 1.24 bits per heavy atom. The summed E-state index contributed by atoms with van der Waals surface area (Å²) in [5.74, 6) is 0.254. The van der Waals surface area contributed by atoms with Gasteiger partial charge in [0.1, 0.15) is 0 Å². The van der Waals surface area contributed by atoms with E-state index in [-0.39, 0.29) is 17.4 Å². The third-order valence-electron chi connectivity index (χ3n) is 6.15. The van der Waals surface area contributed by atoms with Crippen LogP contribution in [0.3, 0.4) is 0 Å². The van der Waals surface area contributed by atoms with Crippen molar-refractivity contribution in [2.24, 2.45) is 0 Å². The van der Waals surface area contributed by atoms with Crippen LogP contribution in [0.4, 0.5) is 0 Å². The van der Waals surface area contributed by atoms with Crippen LogP contribution >= 0.6 is 0 Å². The van der Waals surface area contributed by atoms with Gasteiger partial charge in [0.05, 0.1) is 6.04 Å². The maximum atomic E-state index is 13.4. The zero-order chi connectivity index (χ0) is 20.8. The molecule has 0 bridgehead atoms. The summed E-state index contributed by atoms with van der Waals surface area (Å²) in [4.78, 5) is 23.7. The Kier molecular flexibility index (Phi) is 5.07. The van der Waals surface area contributed by atoms with E-state index in [4.69, 9.17) is 0 Å². The van der Waals surface area contributed by atoms with Crippen LogP contribution in [0.5, 0.6) is 0 Å². The highest BCUT2D eigenvalue weighted by Gasteiger charge is 2.37. The molecule has 1 aliphatic heterocycles. The number of Topliss-reactive ketones (excluding diaryl/α,β-unsaturated/α-hetero) is 1. The van der Waals surface area contributed by atoms with Gasteiger partial charge in [-0.2, -0.15) is 0 Å². The van der Waals surface area contributed by atoms with Crippen molar-refractivity contribution in [2.75, 3.05) is 6.54 Å². The van der Waals surface area contributed by atoms with Gasteiger partial charge in [-0.1, -0.05) is 6.92 Å². The lowest BCUT2D eigenvalue weighted by molar-refractivity contribution is 0.0721. The molecule has 4 heteroatoms. The number of pyridine rings is 1. The Morgan fingerprint density at radius 2 is 2.03 bits per heavy atom. The van der Waals surface area contributed by atoms with Crippen LogP contribution < -0.4 is 0 Å². The number of benzene rings is 1. The summed E-state index contributed by atoms with van der Waals surface area (Å²) in [5, 5.41) is 1.16. The number of fused-ring (bicyclic) bond motifs is 1. The molecule has 29 heavy (non-hydrogen) atoms. The molecule has 1 fully saturated rings. The Balaban J connectivity index is 1.75. The molecule has 4 rings (SSSR count). The second-order valence-corrected chi connectivity index (χ2v) is 9.16. The third kappa shape index (κ3) is 3.62. The minimum Gasteiger partial charge on any atom is -0.354 e. The van der Waals surface area contributed by atoms with Gasteiger partial charge in [0.2, 0.25) is 0 Å². The van der Waals surface area contributed by atoms with E-state index in [0.717, 1.165) is 59.2 Å². The van der Waals surface area contributed by atoms with Gasteiger partial charge >= 0.3 is 0 Å². The van der Waals surface area contributed by atoms with Crippen molar-refractivity contribution in [1.29, 1.82) is 0 Å². The number of carbonyl (C=O) groups excluding carboxylic acids is 1. The predicted molar refractivity (Wildman–Crippen MR) is 119 cm³/mol. The first-order chi connectivity index (χ1) is 13.8. The predicted octanol–water partition coefficient (Wildman–Crippen LogP) is 5.55. The molecule has 4 nitrogen and oxygen atoms in total. The number of aromatic nitrogens is 2. The maximum Gasteiger partial charge on any atom is 0.179 e. The van der Waals surface area contributed by atoms with E-state index >= 15 is 0 Å². The molecule has 0 amide bonds. The molecule has 1 N–H and O–H groups in total. The van der Waals surface area contributed by atoms with Gasteiger partial charge in [0, 0.05) is 45.2 Å². The number of likely N-dealkylation sites (tertiary alicyclic amines) is 1. The fraction of sp³-hybridized carbons (Fsp3) is 0.440. The summed E-state index contributed by atoms with van der Waals surface area (Å²) in [5.41, 5.74) is 6.47. The normalized spacial score (nSPS) is 17.9. The minimum absolute atomic E-state index is 0.00989. The van der Waals surface area contributed by atoms with E-state index < -0.39 is 0 Å². The van der Waals surface area contributed by atoms with Crippen LogP contribution in [0.1, 0.15) is 62.2 Å². The lowest BCUT2D eigenvalue weighted by Gasteiger charge is -2.36. The number of nitrogens with zero attached hydrogens (tertiary/aromatic N) is 2. The molecular formula is C25H31N3O. The first-order valence-corrected chi connectivity index (χ1v) is 10.7. The van der Waals surface area contributed by atoms with Crippen LogP contribution in [0.25, 0.3) is 22.2 Å². The van der Waals surface area contributed by atoms with Gasteiger partial charge in [-0.25, -0.2) is 0 Å². The zero-order valence-corrected chi connectivity index (χ0v) is 18.2. The highest BCUT2D eigenvalue weighted by Crippen LogP contribution is 2.33. The highest BCUT2D eigenvalue weighted by molar-refractivity contribution is 6.04. The second kappa shape index (κ2) is 7.42. The van der Waals surface area contributed by atoms with Crippen molar-refractivity contribution in [2.45, 2.75) is 65.5 Å². The number of aryl methyl sites for hydroxylation is 2. The minimum atomic E-state index is -0.0150. The van der Waals surface area contributed by atoms with Crippen molar-refractivity contribution in [3.05, 3.63) is 53.3 Å². The average molecular weight is 390 g/mol. The molecule has 1 aliphatic rings. The van der Waals surface area contributed by atoms with E-state index in [1.54, 1.807) is 0 Å². The number of hydrogen-bond acceptors (Lipinski definition) is 3. The lowest BCUT2D eigenvalue weighted by Crippen LogP contribution is -2.47. The molecule has 0 radical (unpaired) electrons. The van der Waals surface area contributed by atoms with Crippen LogP contribution in [0.2, 0.25) is 0 Å². The highest BCUT2D eigenvalue weighted by atomic mass is 16.1. The van der Waals surface area contributed by atoms with E-state index in [1.807, 2.05) is 25.3 Å². The fourth-order valence-corrected chi connectivity index (χ4v) is 4.75. The van der Waals surface area contributed by atoms with Crippen molar-refractivity contribution >= 4 is 16.7 Å². The lowest BCUT2D eigenvalue weighted by atomic mass is 9.96. The molecule has 1 aromatic carbocycles. The molecule has 2 aromatic heterocycles. The van der Waals surface area contributed by atoms with Crippen LogP contribution in [0, 0.1) is 6.92 Å². The zero-order valence-electron chi connectivity index (χ0n) is 18.2. The first kappa shape index (κ1) is 19.8. The molecule has 152 valence electrons. The summed E-state index contributed by atoms with van der Waals surface area (Å²) >= 11 is 0. The summed E-state index contributed by atoms with van der Waals surface area (Å²) in [6.45, 7) is 11.8. The van der Waals surface area contributed by atoms with Gasteiger partial charge < -0.3 is 4.98 Å². The van der Waals surface area contributed by atoms with E-state index in [9.17, 15) is 4.79 Å². The Labute approximate surface area is 173 Å². The number of rotatable bonds is 4. The van der Waals surface area contributed by atoms with Crippen molar-refractivity contribution in [3.8, 4) is 11.3 Å². The molecule has 0 spiro atoms. The van der Waals surface area contributed by atoms with Crippen LogP contribution in [-0.4, -0.2) is 38.8 Å². The van der Waals surface area contributed by atoms with Gasteiger partial charge in [-0.05, 0) is 89.4 Å². The summed E-state index contributed by atoms with van der Waals surface area (Å²) in [6.07, 6.45) is 4.80. The van der Waals surface area contributed by atoms with Crippen LogP contribution in [0.15, 0.2) is 36.5 Å². The first-order valence-electron chi connectivity index (χ1n) is 10.7. The molecule has 3 aromatic rings. The van der Waals surface area contributed by atoms with Gasteiger partial charge in [-0.15, -0.1) is 0 Å². The largest absolute Gasteiger partial charge is 0.354 e. The monoisotopic (exact) mass is 389 g/mol. The second-order valence-electron chi connectivity index (χ2n) is 9.16. The molecule has 0 aliphatic carbocycles. The maximum absolute atomic E-state index is 13.4. The summed E-state index contributed by atoms with van der Waals surface area (Å²) in [6, 6.07) is 10.3. The number of aromatic amines is 1. The SMILES string of the molecule is CCc1c(-c2ccnc(C)c2)[nH]c2ccc(C(=O)C3CCCN3C(C)(C)C)cc12. The molecule has 3 heterocycles. The number of nitrogens with one attached hydrogen (secondary N) is 1. The van der Waals surface area contributed by atoms with Crippen molar-refractivity contribution < 1.29 is 4.79 Å². The Hall–Kier alpha value is -2.46. The fourth-order valence-electron chi connectivity index (χ4n) is 4.75. The molecule has 0 saturated carbocycles. The van der Waals surface area contributed by atoms with Gasteiger partial charge in [-0.3, -0.25) is 14.7 Å². The number of carbonyl (C=O) groups is 1. The third-order valence-corrected chi connectivity index (χ3v) is 6.15. The van der Waals surface area contributed by atoms with Crippen molar-refractivity contribution in [3.63, 3.8) is 0 Å². The van der Waals surface area contributed by atoms with Crippen LogP contribution in [-0.2, 0) is 6.42 Å². The molecule has 1 saturated heterocycles. The average Bonchev–Trinajstić information content (AvgIpc) is 3.31. The molecule has 1 unspecified atom stereocenters. The Bertz CT molecular complexity index is 1060. The molecule has 1 atom stereocenters. The Morgan fingerprint density at radius 3 is 2.72 bits per heavy atom.